The summed E-state index contributed by atoms with van der Waals surface area (Å²) in [6, 6.07) is 0. The molecule has 0 radical (unpaired) electrons. The molecule has 0 bridgehead atoms. The summed E-state index contributed by atoms with van der Waals surface area (Å²) >= 11 is 0. The normalized spacial score (nSPS) is 12.7. The van der Waals surface area contributed by atoms with Crippen LogP contribution in [-0.2, 0) is 28.6 Å². The molecular weight excluding hydrogens is 973 g/mol. The van der Waals surface area contributed by atoms with Gasteiger partial charge in [0, 0.05) is 19.3 Å². The minimum atomic E-state index is -0.789. The second kappa shape index (κ2) is 66.8. The van der Waals surface area contributed by atoms with Crippen molar-refractivity contribution in [3.63, 3.8) is 0 Å². The van der Waals surface area contributed by atoms with Crippen molar-refractivity contribution in [3.8, 4) is 0 Å². The van der Waals surface area contributed by atoms with Crippen molar-refractivity contribution in [3.05, 3.63) is 97.2 Å². The molecule has 0 aromatic rings. The summed E-state index contributed by atoms with van der Waals surface area (Å²) in [5, 5.41) is 0. The van der Waals surface area contributed by atoms with E-state index in [0.717, 1.165) is 116 Å². The lowest BCUT2D eigenvalue weighted by atomic mass is 10.0. The summed E-state index contributed by atoms with van der Waals surface area (Å²) in [6.45, 7) is 6.48. The molecule has 0 saturated heterocycles. The number of hydrogen-bond acceptors (Lipinski definition) is 6. The number of unbranched alkanes of at least 4 members (excludes halogenated alkanes) is 34. The van der Waals surface area contributed by atoms with Crippen molar-refractivity contribution in [2.24, 2.45) is 0 Å². The minimum Gasteiger partial charge on any atom is -0.462 e. The summed E-state index contributed by atoms with van der Waals surface area (Å²) in [5.74, 6) is -0.906. The Labute approximate surface area is 489 Å². The van der Waals surface area contributed by atoms with E-state index in [2.05, 4.69) is 118 Å². The van der Waals surface area contributed by atoms with Crippen LogP contribution in [0.3, 0.4) is 0 Å². The van der Waals surface area contributed by atoms with Gasteiger partial charge in [0.15, 0.2) is 6.10 Å². The first-order chi connectivity index (χ1) is 39.0. The highest BCUT2D eigenvalue weighted by Gasteiger charge is 2.19. The van der Waals surface area contributed by atoms with E-state index in [-0.39, 0.29) is 31.1 Å². The van der Waals surface area contributed by atoms with E-state index >= 15 is 0 Å². The van der Waals surface area contributed by atoms with Crippen LogP contribution in [0, 0.1) is 0 Å². The second-order valence-electron chi connectivity index (χ2n) is 22.4. The monoisotopic (exact) mass is 1100 g/mol. The van der Waals surface area contributed by atoms with Crippen LogP contribution in [0.2, 0.25) is 0 Å². The van der Waals surface area contributed by atoms with Gasteiger partial charge in [0.25, 0.3) is 0 Å². The number of rotatable bonds is 61. The van der Waals surface area contributed by atoms with Gasteiger partial charge in [-0.15, -0.1) is 0 Å². The van der Waals surface area contributed by atoms with Crippen LogP contribution in [0.4, 0.5) is 0 Å². The van der Waals surface area contributed by atoms with Gasteiger partial charge in [0.2, 0.25) is 0 Å². The van der Waals surface area contributed by atoms with E-state index in [9.17, 15) is 14.4 Å². The van der Waals surface area contributed by atoms with Gasteiger partial charge in [0.1, 0.15) is 13.2 Å². The molecule has 1 atom stereocenters. The average molecular weight is 1100 g/mol. The number of hydrogen-bond donors (Lipinski definition) is 0. The highest BCUT2D eigenvalue weighted by molar-refractivity contribution is 5.71. The summed E-state index contributed by atoms with van der Waals surface area (Å²) in [4.78, 5) is 38.1. The zero-order chi connectivity index (χ0) is 57.1. The van der Waals surface area contributed by atoms with Gasteiger partial charge in [-0.2, -0.15) is 0 Å². The lowest BCUT2D eigenvalue weighted by Crippen LogP contribution is -2.30. The number of esters is 3. The molecule has 0 aliphatic carbocycles. The number of ether oxygens (including phenoxy) is 3. The summed E-state index contributed by atoms with van der Waals surface area (Å²) in [6.07, 6.45) is 90.3. The number of carbonyl (C=O) groups is 3. The summed E-state index contributed by atoms with van der Waals surface area (Å²) < 4.78 is 16.8. The van der Waals surface area contributed by atoms with E-state index in [0.29, 0.717) is 19.3 Å². The first-order valence-electron chi connectivity index (χ1n) is 33.7. The molecule has 0 saturated carbocycles. The lowest BCUT2D eigenvalue weighted by molar-refractivity contribution is -0.167. The zero-order valence-electron chi connectivity index (χ0n) is 52.1. The Kier molecular flexibility index (Phi) is 63.7. The van der Waals surface area contributed by atoms with Crippen molar-refractivity contribution >= 4 is 17.9 Å². The maximum atomic E-state index is 12.9. The van der Waals surface area contributed by atoms with Crippen LogP contribution in [0.1, 0.15) is 329 Å². The third kappa shape index (κ3) is 65.0. The van der Waals surface area contributed by atoms with Gasteiger partial charge >= 0.3 is 17.9 Å². The molecule has 6 heteroatoms. The molecule has 0 heterocycles. The molecule has 6 nitrogen and oxygen atoms in total. The van der Waals surface area contributed by atoms with Crippen molar-refractivity contribution in [2.75, 3.05) is 13.2 Å². The van der Waals surface area contributed by atoms with Crippen molar-refractivity contribution in [2.45, 2.75) is 335 Å². The minimum absolute atomic E-state index is 0.0853. The molecule has 0 amide bonds. The molecule has 0 fully saturated rings. The molecule has 0 aromatic heterocycles. The molecule has 0 spiro atoms. The maximum Gasteiger partial charge on any atom is 0.306 e. The van der Waals surface area contributed by atoms with Gasteiger partial charge in [-0.05, 0) is 103 Å². The van der Waals surface area contributed by atoms with Gasteiger partial charge < -0.3 is 14.2 Å². The Balaban J connectivity index is 4.10. The number of allylic oxidation sites excluding steroid dienone is 16. The van der Waals surface area contributed by atoms with Crippen molar-refractivity contribution < 1.29 is 28.6 Å². The molecule has 0 aliphatic rings. The van der Waals surface area contributed by atoms with Gasteiger partial charge in [-0.25, -0.2) is 0 Å². The molecule has 0 aromatic carbocycles. The lowest BCUT2D eigenvalue weighted by Gasteiger charge is -2.18. The Morgan fingerprint density at radius 3 is 0.772 bits per heavy atom. The second-order valence-corrected chi connectivity index (χ2v) is 22.4. The Morgan fingerprint density at radius 2 is 0.494 bits per heavy atom. The molecule has 0 rings (SSSR count). The molecule has 0 N–H and O–H groups in total. The third-order valence-corrected chi connectivity index (χ3v) is 14.6. The topological polar surface area (TPSA) is 78.9 Å². The van der Waals surface area contributed by atoms with Crippen LogP contribution in [0.5, 0.6) is 0 Å². The number of carbonyl (C=O) groups excluding carboxylic acids is 3. The predicted molar refractivity (Wildman–Crippen MR) is 344 cm³/mol. The summed E-state index contributed by atoms with van der Waals surface area (Å²) in [7, 11) is 0. The van der Waals surface area contributed by atoms with Crippen LogP contribution >= 0.6 is 0 Å². The first kappa shape index (κ1) is 75.3. The maximum absolute atomic E-state index is 12.9. The fourth-order valence-electron chi connectivity index (χ4n) is 9.54. The van der Waals surface area contributed by atoms with E-state index in [4.69, 9.17) is 14.2 Å². The van der Waals surface area contributed by atoms with E-state index in [1.807, 2.05) is 0 Å². The quantitative estimate of drug-likeness (QED) is 0.0261. The highest BCUT2D eigenvalue weighted by atomic mass is 16.6. The molecule has 79 heavy (non-hydrogen) atoms. The van der Waals surface area contributed by atoms with Crippen LogP contribution < -0.4 is 0 Å². The van der Waals surface area contributed by atoms with Gasteiger partial charge in [-0.1, -0.05) is 304 Å². The van der Waals surface area contributed by atoms with Crippen LogP contribution in [0.25, 0.3) is 0 Å². The van der Waals surface area contributed by atoms with E-state index in [1.54, 1.807) is 0 Å². The average Bonchev–Trinajstić information content (AvgIpc) is 3.45. The zero-order valence-corrected chi connectivity index (χ0v) is 52.1. The summed E-state index contributed by atoms with van der Waals surface area (Å²) in [5.41, 5.74) is 0. The standard InChI is InChI=1S/C73H126O6/c1-4-7-10-13-16-18-20-22-24-26-28-30-32-33-34-35-36-37-38-39-41-42-44-46-48-50-52-54-57-60-63-66-72(75)78-69-70(68-77-71(74)65-62-59-56-15-12-9-6-3)79-73(76)67-64-61-58-55-53-51-49-47-45-43-40-31-29-27-25-23-21-19-17-14-11-8-5-2/h8,11,17,19-20,22-23,25-26,28-29,31,43,45,49,51,70H,4-7,9-10,12-16,18,21,24,27,30,32-42,44,46-48,50,52-69H2,1-3H3/b11-8-,19-17-,22-20-,25-23-,28-26-,31-29-,45-43-,51-49-. The highest BCUT2D eigenvalue weighted by Crippen LogP contribution is 2.17. The van der Waals surface area contributed by atoms with Crippen LogP contribution in [0.15, 0.2) is 97.2 Å². The molecular formula is C73H126O6. The van der Waals surface area contributed by atoms with Crippen molar-refractivity contribution in [1.82, 2.24) is 0 Å². The van der Waals surface area contributed by atoms with Crippen LogP contribution in [-0.4, -0.2) is 37.2 Å². The Morgan fingerprint density at radius 1 is 0.266 bits per heavy atom. The van der Waals surface area contributed by atoms with E-state index < -0.39 is 6.10 Å². The molecule has 454 valence electrons. The smallest absolute Gasteiger partial charge is 0.306 e. The van der Waals surface area contributed by atoms with E-state index in [1.165, 1.54) is 173 Å². The Bertz CT molecular complexity index is 1540. The third-order valence-electron chi connectivity index (χ3n) is 14.6. The molecule has 0 aliphatic heterocycles. The Hall–Kier alpha value is -3.67. The van der Waals surface area contributed by atoms with Crippen molar-refractivity contribution in [1.29, 1.82) is 0 Å². The largest absolute Gasteiger partial charge is 0.462 e. The fourth-order valence-corrected chi connectivity index (χ4v) is 9.54. The first-order valence-corrected chi connectivity index (χ1v) is 33.7. The predicted octanol–water partition coefficient (Wildman–Crippen LogP) is 23.2. The van der Waals surface area contributed by atoms with Gasteiger partial charge in [0.05, 0.1) is 0 Å². The van der Waals surface area contributed by atoms with Gasteiger partial charge in [-0.3, -0.25) is 14.4 Å². The fraction of sp³-hybridized carbons (Fsp3) is 0.740. The SMILES string of the molecule is CC/C=C\C/C=C\C/C=C\C/C=C\C/C=C\C/C=C\CCCCCCC(=O)OC(COC(=O)CCCCCCCCC)COC(=O)CCCCCCCCCCCCCCCCCCCCC/C=C\C/C=C\CCCCCCC. The molecule has 1 unspecified atom stereocenters.